The molecule has 1 aromatic carbocycles. The lowest BCUT2D eigenvalue weighted by atomic mass is 10.0. The molecule has 1 atom stereocenters. The molecule has 0 saturated carbocycles. The van der Waals surface area contributed by atoms with Gasteiger partial charge in [-0.2, -0.15) is 0 Å². The van der Waals surface area contributed by atoms with Crippen LogP contribution in [0.2, 0.25) is 0 Å². The van der Waals surface area contributed by atoms with Gasteiger partial charge >= 0.3 is 0 Å². The molecular formula is C13H13FO2. The lowest BCUT2D eigenvalue weighted by Crippen LogP contribution is -2.04. The maximum Gasteiger partial charge on any atom is 0.129 e. The SMILES string of the molecule is Cc1ccc(F)c(C(O)Cc2ccoc2)c1. The molecule has 3 heteroatoms. The number of benzene rings is 1. The number of hydrogen-bond donors (Lipinski definition) is 1. The number of hydrogen-bond acceptors (Lipinski definition) is 2. The molecule has 16 heavy (non-hydrogen) atoms. The lowest BCUT2D eigenvalue weighted by Gasteiger charge is -2.11. The summed E-state index contributed by atoms with van der Waals surface area (Å²) in [5.74, 6) is -0.374. The molecule has 0 radical (unpaired) electrons. The molecule has 0 saturated heterocycles. The fourth-order valence-corrected chi connectivity index (χ4v) is 1.66. The predicted molar refractivity (Wildman–Crippen MR) is 58.5 cm³/mol. The van der Waals surface area contributed by atoms with Gasteiger partial charge in [0.15, 0.2) is 0 Å². The van der Waals surface area contributed by atoms with Crippen LogP contribution in [0.15, 0.2) is 41.2 Å². The maximum atomic E-state index is 13.5. The minimum atomic E-state index is -0.836. The zero-order valence-corrected chi connectivity index (χ0v) is 8.98. The second-order valence-corrected chi connectivity index (χ2v) is 3.88. The van der Waals surface area contributed by atoms with E-state index in [1.807, 2.05) is 6.92 Å². The van der Waals surface area contributed by atoms with Gasteiger partial charge in [-0.1, -0.05) is 17.7 Å². The van der Waals surface area contributed by atoms with E-state index < -0.39 is 6.10 Å². The van der Waals surface area contributed by atoms with E-state index in [0.717, 1.165) is 11.1 Å². The molecule has 0 fully saturated rings. The lowest BCUT2D eigenvalue weighted by molar-refractivity contribution is 0.173. The van der Waals surface area contributed by atoms with Crippen molar-refractivity contribution < 1.29 is 13.9 Å². The molecule has 2 nitrogen and oxygen atoms in total. The average Bonchev–Trinajstić information content (AvgIpc) is 2.74. The van der Waals surface area contributed by atoms with E-state index in [-0.39, 0.29) is 5.82 Å². The zero-order valence-electron chi connectivity index (χ0n) is 8.98. The van der Waals surface area contributed by atoms with E-state index in [9.17, 15) is 9.50 Å². The van der Waals surface area contributed by atoms with E-state index in [0.29, 0.717) is 12.0 Å². The summed E-state index contributed by atoms with van der Waals surface area (Å²) >= 11 is 0. The number of aliphatic hydroxyl groups excluding tert-OH is 1. The molecule has 0 amide bonds. The van der Waals surface area contributed by atoms with E-state index in [1.165, 1.54) is 12.3 Å². The van der Waals surface area contributed by atoms with E-state index in [4.69, 9.17) is 4.42 Å². The largest absolute Gasteiger partial charge is 0.472 e. The van der Waals surface area contributed by atoms with Crippen molar-refractivity contribution in [1.82, 2.24) is 0 Å². The van der Waals surface area contributed by atoms with Gasteiger partial charge in [0.1, 0.15) is 5.82 Å². The molecule has 2 aromatic rings. The molecule has 0 aliphatic rings. The minimum absolute atomic E-state index is 0.334. The van der Waals surface area contributed by atoms with Crippen LogP contribution in [0, 0.1) is 12.7 Å². The first-order valence-corrected chi connectivity index (χ1v) is 5.12. The zero-order chi connectivity index (χ0) is 11.5. The van der Waals surface area contributed by atoms with Crippen molar-refractivity contribution in [3.63, 3.8) is 0 Å². The molecule has 0 aliphatic heterocycles. The Hall–Kier alpha value is -1.61. The van der Waals surface area contributed by atoms with E-state index >= 15 is 0 Å². The third kappa shape index (κ3) is 2.31. The van der Waals surface area contributed by atoms with Gasteiger partial charge in [0.05, 0.1) is 18.6 Å². The summed E-state index contributed by atoms with van der Waals surface area (Å²) in [7, 11) is 0. The summed E-state index contributed by atoms with van der Waals surface area (Å²) in [6, 6.07) is 6.49. The smallest absolute Gasteiger partial charge is 0.129 e. The molecule has 1 N–H and O–H groups in total. The summed E-state index contributed by atoms with van der Waals surface area (Å²) in [6.07, 6.45) is 2.61. The molecule has 1 aromatic heterocycles. The first-order valence-electron chi connectivity index (χ1n) is 5.12. The highest BCUT2D eigenvalue weighted by atomic mass is 19.1. The van der Waals surface area contributed by atoms with Gasteiger partial charge < -0.3 is 9.52 Å². The topological polar surface area (TPSA) is 33.4 Å². The van der Waals surface area contributed by atoms with Gasteiger partial charge in [-0.3, -0.25) is 0 Å². The Balaban J connectivity index is 2.20. The molecule has 1 unspecified atom stereocenters. The predicted octanol–water partition coefficient (Wildman–Crippen LogP) is 3.00. The highest BCUT2D eigenvalue weighted by Gasteiger charge is 2.14. The van der Waals surface area contributed by atoms with Crippen LogP contribution in [0.5, 0.6) is 0 Å². The van der Waals surface area contributed by atoms with Crippen molar-refractivity contribution in [2.24, 2.45) is 0 Å². The Labute approximate surface area is 93.3 Å². The van der Waals surface area contributed by atoms with Crippen molar-refractivity contribution >= 4 is 0 Å². The second kappa shape index (κ2) is 4.49. The first kappa shape index (κ1) is 10.9. The Morgan fingerprint density at radius 3 is 2.88 bits per heavy atom. The summed E-state index contributed by atoms with van der Waals surface area (Å²) in [5, 5.41) is 9.92. The van der Waals surface area contributed by atoms with Gasteiger partial charge in [-0.25, -0.2) is 4.39 Å². The normalized spacial score (nSPS) is 12.7. The van der Waals surface area contributed by atoms with E-state index in [1.54, 1.807) is 24.5 Å². The Morgan fingerprint density at radius 2 is 2.19 bits per heavy atom. The third-order valence-corrected chi connectivity index (χ3v) is 2.52. The molecule has 84 valence electrons. The number of halogens is 1. The van der Waals surface area contributed by atoms with Crippen molar-refractivity contribution in [3.8, 4) is 0 Å². The van der Waals surface area contributed by atoms with Crippen molar-refractivity contribution in [3.05, 3.63) is 59.3 Å². The monoisotopic (exact) mass is 220 g/mol. The number of aryl methyl sites for hydroxylation is 1. The fourth-order valence-electron chi connectivity index (χ4n) is 1.66. The fraction of sp³-hybridized carbons (Fsp3) is 0.231. The number of rotatable bonds is 3. The summed E-state index contributed by atoms with van der Waals surface area (Å²) in [6.45, 7) is 1.87. The van der Waals surface area contributed by atoms with Crippen LogP contribution in [-0.2, 0) is 6.42 Å². The van der Waals surface area contributed by atoms with Crippen LogP contribution in [0.25, 0.3) is 0 Å². The average molecular weight is 220 g/mol. The second-order valence-electron chi connectivity index (χ2n) is 3.88. The molecular weight excluding hydrogens is 207 g/mol. The summed E-state index contributed by atoms with van der Waals surface area (Å²) < 4.78 is 18.4. The van der Waals surface area contributed by atoms with Crippen molar-refractivity contribution in [1.29, 1.82) is 0 Å². The molecule has 0 spiro atoms. The third-order valence-electron chi connectivity index (χ3n) is 2.52. The van der Waals surface area contributed by atoms with Gasteiger partial charge in [0.25, 0.3) is 0 Å². The van der Waals surface area contributed by atoms with Crippen LogP contribution in [0.3, 0.4) is 0 Å². The van der Waals surface area contributed by atoms with Gasteiger partial charge in [-0.05, 0) is 24.6 Å². The minimum Gasteiger partial charge on any atom is -0.472 e. The van der Waals surface area contributed by atoms with Crippen molar-refractivity contribution in [2.45, 2.75) is 19.4 Å². The van der Waals surface area contributed by atoms with Crippen molar-refractivity contribution in [2.75, 3.05) is 0 Å². The van der Waals surface area contributed by atoms with Crippen LogP contribution in [0.1, 0.15) is 22.8 Å². The molecule has 0 bridgehead atoms. The number of furan rings is 1. The van der Waals surface area contributed by atoms with Gasteiger partial charge in [0, 0.05) is 12.0 Å². The Bertz CT molecular complexity index is 463. The van der Waals surface area contributed by atoms with Gasteiger partial charge in [-0.15, -0.1) is 0 Å². The Morgan fingerprint density at radius 1 is 1.38 bits per heavy atom. The highest BCUT2D eigenvalue weighted by Crippen LogP contribution is 2.22. The van der Waals surface area contributed by atoms with Gasteiger partial charge in [0.2, 0.25) is 0 Å². The molecule has 0 aliphatic carbocycles. The van der Waals surface area contributed by atoms with Crippen LogP contribution in [0.4, 0.5) is 4.39 Å². The maximum absolute atomic E-state index is 13.5. The van der Waals surface area contributed by atoms with Crippen LogP contribution in [-0.4, -0.2) is 5.11 Å². The molecule has 1 heterocycles. The van der Waals surface area contributed by atoms with E-state index in [2.05, 4.69) is 0 Å². The Kier molecular flexibility index (Phi) is 3.06. The first-order chi connectivity index (χ1) is 7.66. The van der Waals surface area contributed by atoms with Crippen LogP contribution >= 0.6 is 0 Å². The number of aliphatic hydroxyl groups is 1. The quantitative estimate of drug-likeness (QED) is 0.862. The summed E-state index contributed by atoms with van der Waals surface area (Å²) in [4.78, 5) is 0. The highest BCUT2D eigenvalue weighted by molar-refractivity contribution is 5.27. The summed E-state index contributed by atoms with van der Waals surface area (Å²) in [5.41, 5.74) is 2.12. The van der Waals surface area contributed by atoms with Crippen LogP contribution < -0.4 is 0 Å². The molecule has 2 rings (SSSR count). The standard InChI is InChI=1S/C13H13FO2/c1-9-2-3-12(14)11(6-9)13(15)7-10-4-5-16-8-10/h2-6,8,13,15H,7H2,1H3.